The topological polar surface area (TPSA) is 87.2 Å². The van der Waals surface area contributed by atoms with Gasteiger partial charge in [0.1, 0.15) is 0 Å². The molecule has 1 N–H and O–H groups in total. The normalized spacial score (nSPS) is 24.1. The predicted molar refractivity (Wildman–Crippen MR) is 76.7 cm³/mol. The average Bonchev–Trinajstić information content (AvgIpc) is 2.48. The average molecular weight is 320 g/mol. The van der Waals surface area contributed by atoms with Crippen LogP contribution in [0.1, 0.15) is 32.6 Å². The lowest BCUT2D eigenvalue weighted by atomic mass is 9.98. The zero-order valence-corrected chi connectivity index (χ0v) is 13.2. The van der Waals surface area contributed by atoms with E-state index < -0.39 is 16.3 Å². The summed E-state index contributed by atoms with van der Waals surface area (Å²) in [5, 5.41) is 9.46. The fraction of sp³-hybridized carbons (Fsp3) is 0.923. The molecule has 0 spiro atoms. The maximum absolute atomic E-state index is 12.5. The van der Waals surface area contributed by atoms with Crippen LogP contribution in [-0.4, -0.2) is 67.0 Å². The predicted octanol–water partition coefficient (Wildman–Crippen LogP) is -0.0370. The van der Waals surface area contributed by atoms with E-state index in [0.29, 0.717) is 58.5 Å². The summed E-state index contributed by atoms with van der Waals surface area (Å²) in [5.41, 5.74) is 0. The van der Waals surface area contributed by atoms with Crippen molar-refractivity contribution in [1.82, 2.24) is 8.61 Å². The number of ether oxygens (including phenoxy) is 1. The van der Waals surface area contributed by atoms with Crippen LogP contribution in [0.4, 0.5) is 0 Å². The molecule has 0 aromatic carbocycles. The molecule has 7 nitrogen and oxygen atoms in total. The zero-order valence-electron chi connectivity index (χ0n) is 12.4. The molecule has 2 saturated heterocycles. The van der Waals surface area contributed by atoms with Crippen LogP contribution in [0.2, 0.25) is 0 Å². The van der Waals surface area contributed by atoms with E-state index in [2.05, 4.69) is 0 Å². The van der Waals surface area contributed by atoms with Crippen molar-refractivity contribution in [2.45, 2.75) is 38.7 Å². The third kappa shape index (κ3) is 3.94. The SMILES string of the molecule is CCOC(=O)C1CCN(S(=O)(=O)N2CCC(O)CC2)CC1. The lowest BCUT2D eigenvalue weighted by Crippen LogP contribution is -2.50. The van der Waals surface area contributed by atoms with Crippen LogP contribution >= 0.6 is 0 Å². The Morgan fingerprint density at radius 3 is 2.05 bits per heavy atom. The molecule has 122 valence electrons. The van der Waals surface area contributed by atoms with Gasteiger partial charge in [0.15, 0.2) is 0 Å². The highest BCUT2D eigenvalue weighted by Gasteiger charge is 2.36. The molecule has 2 fully saturated rings. The van der Waals surface area contributed by atoms with E-state index in [0.717, 1.165) is 0 Å². The Morgan fingerprint density at radius 1 is 1.10 bits per heavy atom. The van der Waals surface area contributed by atoms with Crippen molar-refractivity contribution in [2.75, 3.05) is 32.8 Å². The minimum Gasteiger partial charge on any atom is -0.466 e. The minimum atomic E-state index is -3.47. The van der Waals surface area contributed by atoms with Crippen LogP contribution in [0.3, 0.4) is 0 Å². The van der Waals surface area contributed by atoms with Crippen molar-refractivity contribution in [2.24, 2.45) is 5.92 Å². The molecule has 2 aliphatic rings. The largest absolute Gasteiger partial charge is 0.466 e. The standard InChI is InChI=1S/C13H24N2O5S/c1-2-20-13(17)11-3-7-14(8-4-11)21(18,19)15-9-5-12(16)6-10-15/h11-12,16H,2-10H2,1H3. The van der Waals surface area contributed by atoms with Crippen LogP contribution in [0.15, 0.2) is 0 Å². The van der Waals surface area contributed by atoms with Gasteiger partial charge in [-0.3, -0.25) is 4.79 Å². The van der Waals surface area contributed by atoms with Gasteiger partial charge in [0.05, 0.1) is 18.6 Å². The van der Waals surface area contributed by atoms with Crippen LogP contribution in [0, 0.1) is 5.92 Å². The van der Waals surface area contributed by atoms with E-state index in [9.17, 15) is 18.3 Å². The zero-order chi connectivity index (χ0) is 15.5. The van der Waals surface area contributed by atoms with Gasteiger partial charge < -0.3 is 9.84 Å². The molecule has 0 amide bonds. The highest BCUT2D eigenvalue weighted by atomic mass is 32.2. The van der Waals surface area contributed by atoms with Crippen molar-refractivity contribution >= 4 is 16.2 Å². The first-order valence-corrected chi connectivity index (χ1v) is 8.94. The smallest absolute Gasteiger partial charge is 0.309 e. The Balaban J connectivity index is 1.90. The molecule has 0 unspecified atom stereocenters. The number of rotatable bonds is 4. The van der Waals surface area contributed by atoms with Crippen molar-refractivity contribution in [3.8, 4) is 0 Å². The van der Waals surface area contributed by atoms with E-state index in [-0.39, 0.29) is 11.9 Å². The molecule has 0 bridgehead atoms. The van der Waals surface area contributed by atoms with Crippen LogP contribution in [0.25, 0.3) is 0 Å². The number of carbonyl (C=O) groups excluding carboxylic acids is 1. The van der Waals surface area contributed by atoms with E-state index >= 15 is 0 Å². The van der Waals surface area contributed by atoms with Gasteiger partial charge in [-0.15, -0.1) is 0 Å². The van der Waals surface area contributed by atoms with Crippen molar-refractivity contribution in [3.63, 3.8) is 0 Å². The summed E-state index contributed by atoms with van der Waals surface area (Å²) in [5.74, 6) is -0.421. The molecule has 2 heterocycles. The molecule has 0 saturated carbocycles. The molecular formula is C13H24N2O5S. The number of piperidine rings is 2. The molecule has 2 aliphatic heterocycles. The molecule has 0 aliphatic carbocycles. The highest BCUT2D eigenvalue weighted by Crippen LogP contribution is 2.24. The van der Waals surface area contributed by atoms with Crippen molar-refractivity contribution in [3.05, 3.63) is 0 Å². The fourth-order valence-corrected chi connectivity index (χ4v) is 4.49. The number of aliphatic hydroxyl groups is 1. The van der Waals surface area contributed by atoms with E-state index in [4.69, 9.17) is 4.74 Å². The van der Waals surface area contributed by atoms with E-state index in [1.54, 1.807) is 6.92 Å². The van der Waals surface area contributed by atoms with Gasteiger partial charge in [0.2, 0.25) is 0 Å². The summed E-state index contributed by atoms with van der Waals surface area (Å²) in [6.45, 7) is 3.55. The van der Waals surface area contributed by atoms with Crippen LogP contribution in [-0.2, 0) is 19.7 Å². The maximum atomic E-state index is 12.5. The summed E-state index contributed by atoms with van der Waals surface area (Å²) >= 11 is 0. The highest BCUT2D eigenvalue weighted by molar-refractivity contribution is 7.86. The summed E-state index contributed by atoms with van der Waals surface area (Å²) in [7, 11) is -3.47. The Labute approximate surface area is 126 Å². The Bertz CT molecular complexity index is 451. The van der Waals surface area contributed by atoms with Gasteiger partial charge in [0.25, 0.3) is 10.2 Å². The van der Waals surface area contributed by atoms with Crippen LogP contribution < -0.4 is 0 Å². The maximum Gasteiger partial charge on any atom is 0.309 e. The van der Waals surface area contributed by atoms with Gasteiger partial charge in [-0.25, -0.2) is 0 Å². The quantitative estimate of drug-likeness (QED) is 0.735. The minimum absolute atomic E-state index is 0.195. The number of hydrogen-bond acceptors (Lipinski definition) is 5. The number of nitrogens with zero attached hydrogens (tertiary/aromatic N) is 2. The summed E-state index contributed by atoms with van der Waals surface area (Å²) < 4.78 is 32.9. The second kappa shape index (κ2) is 7.04. The number of hydrogen-bond donors (Lipinski definition) is 1. The summed E-state index contributed by atoms with van der Waals surface area (Å²) in [6.07, 6.45) is 1.59. The van der Waals surface area contributed by atoms with Gasteiger partial charge >= 0.3 is 5.97 Å². The van der Waals surface area contributed by atoms with E-state index in [1.165, 1.54) is 8.61 Å². The number of aliphatic hydroxyl groups excluding tert-OH is 1. The molecule has 0 aromatic rings. The Morgan fingerprint density at radius 2 is 1.57 bits per heavy atom. The molecule has 0 atom stereocenters. The summed E-state index contributed by atoms with van der Waals surface area (Å²) in [4.78, 5) is 11.7. The third-order valence-electron chi connectivity index (χ3n) is 4.15. The first kappa shape index (κ1) is 16.7. The first-order chi connectivity index (χ1) is 9.95. The summed E-state index contributed by atoms with van der Waals surface area (Å²) in [6, 6.07) is 0. The lowest BCUT2D eigenvalue weighted by Gasteiger charge is -2.36. The fourth-order valence-electron chi connectivity index (χ4n) is 2.82. The van der Waals surface area contributed by atoms with Gasteiger partial charge in [-0.1, -0.05) is 0 Å². The molecular weight excluding hydrogens is 296 g/mol. The van der Waals surface area contributed by atoms with Crippen molar-refractivity contribution < 1.29 is 23.1 Å². The second-order valence-electron chi connectivity index (χ2n) is 5.56. The Kier molecular flexibility index (Phi) is 5.59. The molecule has 0 aromatic heterocycles. The van der Waals surface area contributed by atoms with Crippen molar-refractivity contribution in [1.29, 1.82) is 0 Å². The van der Waals surface area contributed by atoms with E-state index in [1.807, 2.05) is 0 Å². The molecule has 21 heavy (non-hydrogen) atoms. The lowest BCUT2D eigenvalue weighted by molar-refractivity contribution is -0.149. The second-order valence-corrected chi connectivity index (χ2v) is 7.49. The monoisotopic (exact) mass is 320 g/mol. The van der Waals surface area contributed by atoms with Gasteiger partial charge in [0, 0.05) is 26.2 Å². The first-order valence-electron chi connectivity index (χ1n) is 7.55. The van der Waals surface area contributed by atoms with Gasteiger partial charge in [-0.2, -0.15) is 17.0 Å². The third-order valence-corrected chi connectivity index (χ3v) is 6.19. The number of carbonyl (C=O) groups is 1. The van der Waals surface area contributed by atoms with Gasteiger partial charge in [-0.05, 0) is 32.6 Å². The molecule has 8 heteroatoms. The van der Waals surface area contributed by atoms with Crippen LogP contribution in [0.5, 0.6) is 0 Å². The molecule has 0 radical (unpaired) electrons. The molecule has 2 rings (SSSR count). The Hall–Kier alpha value is -0.700. The number of esters is 1.